The molecule has 98 valence electrons. The van der Waals surface area contributed by atoms with Crippen molar-refractivity contribution in [1.29, 1.82) is 0 Å². The first-order chi connectivity index (χ1) is 8.29. The average Bonchev–Trinajstić information content (AvgIpc) is 3.00. The highest BCUT2D eigenvalue weighted by Crippen LogP contribution is 2.39. The van der Waals surface area contributed by atoms with E-state index in [0.717, 1.165) is 45.3 Å². The van der Waals surface area contributed by atoms with Gasteiger partial charge in [-0.3, -0.25) is 0 Å². The van der Waals surface area contributed by atoms with E-state index in [1.165, 1.54) is 0 Å². The van der Waals surface area contributed by atoms with Gasteiger partial charge in [-0.2, -0.15) is 0 Å². The number of alkyl halides is 1. The van der Waals surface area contributed by atoms with E-state index in [1.807, 2.05) is 0 Å². The fourth-order valence-corrected chi connectivity index (χ4v) is 3.51. The molecule has 3 aliphatic heterocycles. The fraction of sp³-hybridized carbons (Fsp3) is 1.00. The topological polar surface area (TPSA) is 30.5 Å². The summed E-state index contributed by atoms with van der Waals surface area (Å²) in [6.45, 7) is 3.10. The molecule has 0 bridgehead atoms. The number of rotatable bonds is 2. The number of halogens is 1. The molecule has 1 N–H and O–H groups in total. The molecular weight excluding hydrogens is 221 g/mol. The molecule has 3 saturated heterocycles. The van der Waals surface area contributed by atoms with Crippen LogP contribution in [0.3, 0.4) is 0 Å². The van der Waals surface area contributed by atoms with Gasteiger partial charge in [0.2, 0.25) is 0 Å². The van der Waals surface area contributed by atoms with E-state index in [4.69, 9.17) is 9.47 Å². The van der Waals surface area contributed by atoms with Crippen molar-refractivity contribution in [2.45, 2.75) is 49.9 Å². The third-order valence-electron chi connectivity index (χ3n) is 4.53. The predicted octanol–water partition coefficient (Wildman–Crippen LogP) is 1.66. The molecule has 17 heavy (non-hydrogen) atoms. The maximum atomic E-state index is 14.5. The van der Waals surface area contributed by atoms with Gasteiger partial charge < -0.3 is 14.8 Å². The standard InChI is InChI=1S/C13H22FNO2/c14-12(11-2-1-5-15-11)10-3-6-17-13(8-10)4-7-16-9-13/h10-12,15H,1-9H2. The molecule has 0 radical (unpaired) electrons. The smallest absolute Gasteiger partial charge is 0.118 e. The van der Waals surface area contributed by atoms with E-state index >= 15 is 0 Å². The molecule has 0 aromatic heterocycles. The van der Waals surface area contributed by atoms with E-state index in [1.54, 1.807) is 0 Å². The van der Waals surface area contributed by atoms with Gasteiger partial charge in [0, 0.05) is 25.7 Å². The highest BCUT2D eigenvalue weighted by molar-refractivity contribution is 4.95. The normalized spacial score (nSPS) is 44.3. The SMILES string of the molecule is FC(C1CCOC2(CCOC2)C1)C1CCCN1. The molecular formula is C13H22FNO2. The van der Waals surface area contributed by atoms with E-state index in [9.17, 15) is 4.39 Å². The molecule has 4 heteroatoms. The summed E-state index contributed by atoms with van der Waals surface area (Å²) in [6, 6.07) is 0.0810. The lowest BCUT2D eigenvalue weighted by Gasteiger charge is -2.39. The van der Waals surface area contributed by atoms with E-state index in [0.29, 0.717) is 13.2 Å². The van der Waals surface area contributed by atoms with Crippen LogP contribution in [0.15, 0.2) is 0 Å². The molecule has 3 fully saturated rings. The Labute approximate surface area is 102 Å². The molecule has 0 aliphatic carbocycles. The van der Waals surface area contributed by atoms with Crippen LogP contribution in [0.2, 0.25) is 0 Å². The Morgan fingerprint density at radius 1 is 1.29 bits per heavy atom. The Kier molecular flexibility index (Phi) is 3.37. The largest absolute Gasteiger partial charge is 0.378 e. The Hall–Kier alpha value is -0.190. The van der Waals surface area contributed by atoms with Crippen LogP contribution in [0.4, 0.5) is 4.39 Å². The maximum Gasteiger partial charge on any atom is 0.118 e. The van der Waals surface area contributed by atoms with E-state index in [-0.39, 0.29) is 17.6 Å². The minimum atomic E-state index is -0.709. The van der Waals surface area contributed by atoms with Crippen LogP contribution in [0.25, 0.3) is 0 Å². The third kappa shape index (κ3) is 2.35. The van der Waals surface area contributed by atoms with Crippen LogP contribution in [0.5, 0.6) is 0 Å². The lowest BCUT2D eigenvalue weighted by molar-refractivity contribution is -0.110. The van der Waals surface area contributed by atoms with Crippen molar-refractivity contribution < 1.29 is 13.9 Å². The molecule has 0 saturated carbocycles. The van der Waals surface area contributed by atoms with Crippen LogP contribution in [0.1, 0.15) is 32.1 Å². The summed E-state index contributed by atoms with van der Waals surface area (Å²) in [7, 11) is 0. The van der Waals surface area contributed by atoms with Gasteiger partial charge in [0.1, 0.15) is 6.17 Å². The van der Waals surface area contributed by atoms with Crippen molar-refractivity contribution in [1.82, 2.24) is 5.32 Å². The Balaban J connectivity index is 1.62. The van der Waals surface area contributed by atoms with Gasteiger partial charge in [0.05, 0.1) is 12.2 Å². The van der Waals surface area contributed by atoms with Gasteiger partial charge in [-0.1, -0.05) is 0 Å². The Morgan fingerprint density at radius 2 is 2.24 bits per heavy atom. The molecule has 4 atom stereocenters. The molecule has 3 nitrogen and oxygen atoms in total. The van der Waals surface area contributed by atoms with Crippen LogP contribution >= 0.6 is 0 Å². The summed E-state index contributed by atoms with van der Waals surface area (Å²) in [6.07, 6.45) is 4.03. The molecule has 3 aliphatic rings. The molecule has 3 heterocycles. The van der Waals surface area contributed by atoms with Gasteiger partial charge in [-0.15, -0.1) is 0 Å². The van der Waals surface area contributed by atoms with Gasteiger partial charge in [-0.05, 0) is 38.1 Å². The van der Waals surface area contributed by atoms with Crippen LogP contribution in [-0.4, -0.2) is 44.2 Å². The number of hydrogen-bond acceptors (Lipinski definition) is 3. The van der Waals surface area contributed by atoms with Crippen molar-refractivity contribution in [2.24, 2.45) is 5.92 Å². The quantitative estimate of drug-likeness (QED) is 0.800. The predicted molar refractivity (Wildman–Crippen MR) is 62.8 cm³/mol. The number of ether oxygens (including phenoxy) is 2. The molecule has 0 aromatic rings. The van der Waals surface area contributed by atoms with Crippen molar-refractivity contribution >= 4 is 0 Å². The zero-order valence-electron chi connectivity index (χ0n) is 10.3. The lowest BCUT2D eigenvalue weighted by Crippen LogP contribution is -2.46. The van der Waals surface area contributed by atoms with Gasteiger partial charge in [0.25, 0.3) is 0 Å². The number of nitrogens with one attached hydrogen (secondary N) is 1. The maximum absolute atomic E-state index is 14.5. The summed E-state index contributed by atoms with van der Waals surface area (Å²) in [5.41, 5.74) is -0.161. The summed E-state index contributed by atoms with van der Waals surface area (Å²) in [4.78, 5) is 0. The first-order valence-electron chi connectivity index (χ1n) is 6.88. The summed E-state index contributed by atoms with van der Waals surface area (Å²) >= 11 is 0. The van der Waals surface area contributed by atoms with Gasteiger partial charge >= 0.3 is 0 Å². The van der Waals surface area contributed by atoms with Crippen molar-refractivity contribution in [3.63, 3.8) is 0 Å². The molecule has 0 aromatic carbocycles. The molecule has 1 spiro atoms. The summed E-state index contributed by atoms with van der Waals surface area (Å²) in [5, 5.41) is 3.29. The minimum Gasteiger partial charge on any atom is -0.378 e. The second-order valence-corrected chi connectivity index (χ2v) is 5.73. The average molecular weight is 243 g/mol. The highest BCUT2D eigenvalue weighted by atomic mass is 19.1. The second kappa shape index (κ2) is 4.82. The number of hydrogen-bond donors (Lipinski definition) is 1. The second-order valence-electron chi connectivity index (χ2n) is 5.73. The highest BCUT2D eigenvalue weighted by Gasteiger charge is 2.44. The molecule has 3 rings (SSSR count). The van der Waals surface area contributed by atoms with Gasteiger partial charge in [0.15, 0.2) is 0 Å². The van der Waals surface area contributed by atoms with E-state index in [2.05, 4.69) is 5.32 Å². The van der Waals surface area contributed by atoms with E-state index < -0.39 is 6.17 Å². The minimum absolute atomic E-state index is 0.0810. The first-order valence-corrected chi connectivity index (χ1v) is 6.88. The zero-order valence-corrected chi connectivity index (χ0v) is 10.3. The van der Waals surface area contributed by atoms with Crippen molar-refractivity contribution in [3.05, 3.63) is 0 Å². The van der Waals surface area contributed by atoms with Crippen molar-refractivity contribution in [3.8, 4) is 0 Å². The molecule has 4 unspecified atom stereocenters. The lowest BCUT2D eigenvalue weighted by atomic mass is 9.80. The van der Waals surface area contributed by atoms with Crippen molar-refractivity contribution in [2.75, 3.05) is 26.4 Å². The third-order valence-corrected chi connectivity index (χ3v) is 4.53. The van der Waals surface area contributed by atoms with Crippen LogP contribution < -0.4 is 5.32 Å². The summed E-state index contributed by atoms with van der Waals surface area (Å²) in [5.74, 6) is 0.154. The van der Waals surface area contributed by atoms with Crippen LogP contribution in [-0.2, 0) is 9.47 Å². The monoisotopic (exact) mass is 243 g/mol. The zero-order chi connectivity index (χ0) is 11.7. The Morgan fingerprint density at radius 3 is 2.94 bits per heavy atom. The Bertz CT molecular complexity index is 262. The molecule has 0 amide bonds. The summed E-state index contributed by atoms with van der Waals surface area (Å²) < 4.78 is 25.8. The van der Waals surface area contributed by atoms with Crippen LogP contribution in [0, 0.1) is 5.92 Å². The first kappa shape index (κ1) is 11.9. The van der Waals surface area contributed by atoms with Gasteiger partial charge in [-0.25, -0.2) is 4.39 Å². The fourth-order valence-electron chi connectivity index (χ4n) is 3.51.